The number of hydrogen-bond acceptors (Lipinski definition) is 5. The summed E-state index contributed by atoms with van der Waals surface area (Å²) in [5, 5.41) is 5.34. The van der Waals surface area contributed by atoms with E-state index in [4.69, 9.17) is 4.42 Å². The van der Waals surface area contributed by atoms with Crippen molar-refractivity contribution in [2.45, 2.75) is 19.9 Å². The van der Waals surface area contributed by atoms with E-state index in [-0.39, 0.29) is 30.0 Å². The third-order valence-electron chi connectivity index (χ3n) is 5.15. The average molecular weight is 412 g/mol. The zero-order chi connectivity index (χ0) is 21.5. The van der Waals surface area contributed by atoms with Gasteiger partial charge in [0.25, 0.3) is 5.91 Å². The molecule has 1 saturated heterocycles. The summed E-state index contributed by atoms with van der Waals surface area (Å²) in [7, 11) is 0. The van der Waals surface area contributed by atoms with Crippen LogP contribution < -0.4 is 15.5 Å². The normalized spacial score (nSPS) is 15.0. The molecule has 0 spiro atoms. The van der Waals surface area contributed by atoms with Crippen molar-refractivity contribution in [3.63, 3.8) is 0 Å². The minimum absolute atomic E-state index is 0.0932. The molecule has 3 rings (SSSR count). The number of rotatable bonds is 7. The largest absolute Gasteiger partial charge is 0.459 e. The van der Waals surface area contributed by atoms with Crippen LogP contribution in [0, 0.1) is 5.92 Å². The fourth-order valence-electron chi connectivity index (χ4n) is 3.39. The summed E-state index contributed by atoms with van der Waals surface area (Å²) in [6, 6.07) is 12.5. The number of benzene rings is 1. The quantitative estimate of drug-likeness (QED) is 0.719. The first kappa shape index (κ1) is 21.4. The number of anilines is 1. The van der Waals surface area contributed by atoms with Crippen molar-refractivity contribution in [1.29, 1.82) is 0 Å². The highest BCUT2D eigenvalue weighted by atomic mass is 16.3. The highest BCUT2D eigenvalue weighted by Gasteiger charge is 2.27. The van der Waals surface area contributed by atoms with Crippen LogP contribution in [0.3, 0.4) is 0 Å². The van der Waals surface area contributed by atoms with Crippen LogP contribution >= 0.6 is 0 Å². The van der Waals surface area contributed by atoms with Crippen LogP contribution in [0.5, 0.6) is 0 Å². The fourth-order valence-corrected chi connectivity index (χ4v) is 3.39. The summed E-state index contributed by atoms with van der Waals surface area (Å²) in [5.41, 5.74) is 1.14. The maximum Gasteiger partial charge on any atom is 0.287 e. The second-order valence-corrected chi connectivity index (χ2v) is 7.59. The van der Waals surface area contributed by atoms with Gasteiger partial charge in [0.15, 0.2) is 5.76 Å². The third kappa shape index (κ3) is 5.40. The Labute approximate surface area is 176 Å². The molecule has 2 heterocycles. The fraction of sp³-hybridized carbons (Fsp3) is 0.409. The van der Waals surface area contributed by atoms with E-state index in [1.54, 1.807) is 11.0 Å². The van der Waals surface area contributed by atoms with Crippen LogP contribution in [0.1, 0.15) is 24.4 Å². The van der Waals surface area contributed by atoms with Gasteiger partial charge in [-0.15, -0.1) is 0 Å². The first-order valence-electron chi connectivity index (χ1n) is 10.2. The summed E-state index contributed by atoms with van der Waals surface area (Å²) in [6.07, 6.45) is 1.40. The Morgan fingerprint density at radius 2 is 1.70 bits per heavy atom. The Bertz CT molecular complexity index is 843. The summed E-state index contributed by atoms with van der Waals surface area (Å²) in [4.78, 5) is 41.3. The number of nitrogens with zero attached hydrogens (tertiary/aromatic N) is 2. The second kappa shape index (κ2) is 9.96. The van der Waals surface area contributed by atoms with Gasteiger partial charge in [0.1, 0.15) is 6.04 Å². The molecular formula is C22H28N4O4. The van der Waals surface area contributed by atoms with Crippen molar-refractivity contribution >= 4 is 23.4 Å². The van der Waals surface area contributed by atoms with Crippen molar-refractivity contribution in [2.75, 3.05) is 37.6 Å². The van der Waals surface area contributed by atoms with E-state index in [0.717, 1.165) is 18.8 Å². The van der Waals surface area contributed by atoms with Crippen LogP contribution in [-0.4, -0.2) is 61.4 Å². The van der Waals surface area contributed by atoms with Crippen molar-refractivity contribution < 1.29 is 18.8 Å². The Morgan fingerprint density at radius 3 is 2.30 bits per heavy atom. The highest BCUT2D eigenvalue weighted by molar-refractivity contribution is 5.96. The van der Waals surface area contributed by atoms with E-state index in [1.807, 2.05) is 32.0 Å². The molecule has 2 aromatic rings. The first-order valence-corrected chi connectivity index (χ1v) is 10.2. The van der Waals surface area contributed by atoms with Crippen molar-refractivity contribution in [3.05, 3.63) is 54.5 Å². The number of piperazine rings is 1. The van der Waals surface area contributed by atoms with Crippen LogP contribution in [0.2, 0.25) is 0 Å². The zero-order valence-electron chi connectivity index (χ0n) is 17.3. The number of carbonyl (C=O) groups excluding carboxylic acids is 3. The van der Waals surface area contributed by atoms with Crippen LogP contribution in [0.15, 0.2) is 53.1 Å². The summed E-state index contributed by atoms with van der Waals surface area (Å²) < 4.78 is 5.07. The predicted molar refractivity (Wildman–Crippen MR) is 113 cm³/mol. The van der Waals surface area contributed by atoms with Gasteiger partial charge in [0.2, 0.25) is 11.8 Å². The van der Waals surface area contributed by atoms with Gasteiger partial charge in [-0.2, -0.15) is 0 Å². The lowest BCUT2D eigenvalue weighted by molar-refractivity contribution is -0.133. The summed E-state index contributed by atoms with van der Waals surface area (Å²) in [5.74, 6) is -0.983. The molecule has 1 fully saturated rings. The molecule has 1 unspecified atom stereocenters. The summed E-state index contributed by atoms with van der Waals surface area (Å²) in [6.45, 7) is 6.27. The van der Waals surface area contributed by atoms with E-state index in [0.29, 0.717) is 13.1 Å². The second-order valence-electron chi connectivity index (χ2n) is 7.59. The smallest absolute Gasteiger partial charge is 0.287 e. The molecule has 1 aliphatic rings. The average Bonchev–Trinajstić information content (AvgIpc) is 3.31. The number of nitrogens with one attached hydrogen (secondary N) is 2. The lowest BCUT2D eigenvalue weighted by atomic mass is 10.0. The maximum atomic E-state index is 12.6. The van der Waals surface area contributed by atoms with Gasteiger partial charge < -0.3 is 24.9 Å². The van der Waals surface area contributed by atoms with E-state index in [2.05, 4.69) is 27.7 Å². The van der Waals surface area contributed by atoms with E-state index in [9.17, 15) is 14.4 Å². The van der Waals surface area contributed by atoms with Crippen LogP contribution in [0.4, 0.5) is 5.69 Å². The lowest BCUT2D eigenvalue weighted by Crippen LogP contribution is -2.54. The minimum Gasteiger partial charge on any atom is -0.459 e. The van der Waals surface area contributed by atoms with Gasteiger partial charge in [-0.1, -0.05) is 32.0 Å². The molecule has 8 nitrogen and oxygen atoms in total. The van der Waals surface area contributed by atoms with Crippen LogP contribution in [-0.2, 0) is 9.59 Å². The minimum atomic E-state index is -0.759. The molecule has 0 aliphatic carbocycles. The zero-order valence-corrected chi connectivity index (χ0v) is 17.3. The molecule has 3 amide bonds. The molecule has 30 heavy (non-hydrogen) atoms. The Kier molecular flexibility index (Phi) is 7.11. The highest BCUT2D eigenvalue weighted by Crippen LogP contribution is 2.15. The molecular weight excluding hydrogens is 384 g/mol. The van der Waals surface area contributed by atoms with E-state index >= 15 is 0 Å². The van der Waals surface area contributed by atoms with Gasteiger partial charge in [0, 0.05) is 31.9 Å². The number of para-hydroxylation sites is 1. The topological polar surface area (TPSA) is 94.9 Å². The van der Waals surface area contributed by atoms with Crippen molar-refractivity contribution in [1.82, 2.24) is 15.5 Å². The van der Waals surface area contributed by atoms with Crippen molar-refractivity contribution in [3.8, 4) is 0 Å². The van der Waals surface area contributed by atoms with Gasteiger partial charge in [0.05, 0.1) is 12.8 Å². The standard InChI is InChI=1S/C22H28N4O4/c1-16(2)20(24-21(28)18-9-6-14-30-18)22(29)23-15-19(27)26-12-10-25(11-13-26)17-7-4-3-5-8-17/h3-9,14,16,20H,10-13,15H2,1-2H3,(H,23,29)(H,24,28). The number of carbonyl (C=O) groups is 3. The van der Waals surface area contributed by atoms with Crippen molar-refractivity contribution in [2.24, 2.45) is 5.92 Å². The molecule has 8 heteroatoms. The third-order valence-corrected chi connectivity index (χ3v) is 5.15. The molecule has 0 radical (unpaired) electrons. The van der Waals surface area contributed by atoms with Gasteiger partial charge >= 0.3 is 0 Å². The molecule has 0 saturated carbocycles. The number of furan rings is 1. The molecule has 2 N–H and O–H groups in total. The monoisotopic (exact) mass is 412 g/mol. The lowest BCUT2D eigenvalue weighted by Gasteiger charge is -2.36. The number of amides is 3. The van der Waals surface area contributed by atoms with E-state index < -0.39 is 11.9 Å². The van der Waals surface area contributed by atoms with Gasteiger partial charge in [-0.3, -0.25) is 14.4 Å². The Morgan fingerprint density at radius 1 is 1.00 bits per heavy atom. The number of hydrogen-bond donors (Lipinski definition) is 2. The molecule has 1 atom stereocenters. The Balaban J connectivity index is 1.47. The van der Waals surface area contributed by atoms with E-state index in [1.165, 1.54) is 12.3 Å². The molecule has 1 aromatic carbocycles. The predicted octanol–water partition coefficient (Wildman–Crippen LogP) is 1.50. The first-order chi connectivity index (χ1) is 14.5. The van der Waals surface area contributed by atoms with Gasteiger partial charge in [-0.25, -0.2) is 0 Å². The molecule has 0 bridgehead atoms. The molecule has 1 aromatic heterocycles. The Hall–Kier alpha value is -3.29. The SMILES string of the molecule is CC(C)C(NC(=O)c1ccco1)C(=O)NCC(=O)N1CCN(c2ccccc2)CC1. The molecule has 160 valence electrons. The van der Waals surface area contributed by atoms with Crippen LogP contribution in [0.25, 0.3) is 0 Å². The summed E-state index contributed by atoms with van der Waals surface area (Å²) >= 11 is 0. The maximum absolute atomic E-state index is 12.6. The van der Waals surface area contributed by atoms with Gasteiger partial charge in [-0.05, 0) is 30.2 Å². The molecule has 1 aliphatic heterocycles.